The third-order valence-electron chi connectivity index (χ3n) is 3.64. The fourth-order valence-electron chi connectivity index (χ4n) is 2.33. The third-order valence-corrected chi connectivity index (χ3v) is 4.17. The van der Waals surface area contributed by atoms with Crippen molar-refractivity contribution in [3.63, 3.8) is 0 Å². The van der Waals surface area contributed by atoms with Crippen LogP contribution < -0.4 is 0 Å². The minimum atomic E-state index is 0.0577. The smallest absolute Gasteiger partial charge is 0.193 e. The van der Waals surface area contributed by atoms with Crippen LogP contribution in [0.1, 0.15) is 21.5 Å². The number of halogens is 1. The fourth-order valence-corrected chi connectivity index (χ4v) is 2.59. The zero-order chi connectivity index (χ0) is 15.5. The maximum absolute atomic E-state index is 12.4. The summed E-state index contributed by atoms with van der Waals surface area (Å²) in [6.07, 6.45) is 0. The van der Waals surface area contributed by atoms with Gasteiger partial charge in [0.1, 0.15) is 0 Å². The molecule has 22 heavy (non-hydrogen) atoms. The summed E-state index contributed by atoms with van der Waals surface area (Å²) in [4.78, 5) is 12.4. The molecule has 0 aliphatic carbocycles. The summed E-state index contributed by atoms with van der Waals surface area (Å²) in [5.41, 5.74) is 4.83. The van der Waals surface area contributed by atoms with Gasteiger partial charge in [-0.3, -0.25) is 4.79 Å². The molecule has 0 radical (unpaired) electrons. The molecule has 108 valence electrons. The van der Waals surface area contributed by atoms with Gasteiger partial charge in [-0.15, -0.1) is 0 Å². The van der Waals surface area contributed by atoms with Gasteiger partial charge in [0.15, 0.2) is 5.78 Å². The Bertz CT molecular complexity index is 785. The molecule has 3 aromatic carbocycles. The van der Waals surface area contributed by atoms with E-state index in [-0.39, 0.29) is 5.78 Å². The maximum Gasteiger partial charge on any atom is 0.193 e. The van der Waals surface area contributed by atoms with E-state index >= 15 is 0 Å². The van der Waals surface area contributed by atoms with Gasteiger partial charge in [-0.2, -0.15) is 0 Å². The summed E-state index contributed by atoms with van der Waals surface area (Å²) in [5.74, 6) is 0.0577. The van der Waals surface area contributed by atoms with Crippen molar-refractivity contribution in [3.05, 3.63) is 94.0 Å². The molecule has 0 saturated heterocycles. The van der Waals surface area contributed by atoms with E-state index in [0.29, 0.717) is 5.56 Å². The van der Waals surface area contributed by atoms with Crippen molar-refractivity contribution < 1.29 is 4.79 Å². The van der Waals surface area contributed by atoms with Crippen molar-refractivity contribution in [3.8, 4) is 11.1 Å². The molecule has 0 aromatic heterocycles. The van der Waals surface area contributed by atoms with Crippen LogP contribution in [-0.4, -0.2) is 5.78 Å². The van der Waals surface area contributed by atoms with Gasteiger partial charge in [0.05, 0.1) is 0 Å². The lowest BCUT2D eigenvalue weighted by Crippen LogP contribution is -2.00. The molecular weight excluding hydrogens is 336 g/mol. The minimum absolute atomic E-state index is 0.0577. The van der Waals surface area contributed by atoms with Crippen LogP contribution in [0, 0.1) is 6.92 Å². The number of carbonyl (C=O) groups excluding carboxylic acids is 1. The molecule has 1 nitrogen and oxygen atoms in total. The number of benzene rings is 3. The molecule has 0 aliphatic heterocycles. The van der Waals surface area contributed by atoms with E-state index in [1.165, 1.54) is 0 Å². The Labute approximate surface area is 138 Å². The van der Waals surface area contributed by atoms with Crippen molar-refractivity contribution in [1.29, 1.82) is 0 Å². The molecule has 0 atom stereocenters. The molecule has 3 aromatic rings. The molecule has 0 spiro atoms. The van der Waals surface area contributed by atoms with E-state index in [0.717, 1.165) is 26.7 Å². The fraction of sp³-hybridized carbons (Fsp3) is 0.0500. The van der Waals surface area contributed by atoms with Crippen LogP contribution >= 0.6 is 15.9 Å². The second-order valence-electron chi connectivity index (χ2n) is 5.28. The van der Waals surface area contributed by atoms with Crippen molar-refractivity contribution in [1.82, 2.24) is 0 Å². The molecule has 0 amide bonds. The van der Waals surface area contributed by atoms with E-state index in [4.69, 9.17) is 0 Å². The molecule has 0 aliphatic rings. The first-order valence-electron chi connectivity index (χ1n) is 7.11. The molecule has 0 heterocycles. The topological polar surface area (TPSA) is 17.1 Å². The SMILES string of the molecule is Cc1ccc(C(=O)c2ccc(-c3ccc(Br)cc3)cc2)cc1. The molecule has 2 heteroatoms. The van der Waals surface area contributed by atoms with E-state index < -0.39 is 0 Å². The highest BCUT2D eigenvalue weighted by atomic mass is 79.9. The van der Waals surface area contributed by atoms with E-state index in [2.05, 4.69) is 28.1 Å². The van der Waals surface area contributed by atoms with Gasteiger partial charge < -0.3 is 0 Å². The molecule has 0 unspecified atom stereocenters. The molecule has 0 saturated carbocycles. The van der Waals surface area contributed by atoms with E-state index in [1.54, 1.807) is 0 Å². The second kappa shape index (κ2) is 6.29. The van der Waals surface area contributed by atoms with Crippen LogP contribution in [-0.2, 0) is 0 Å². The van der Waals surface area contributed by atoms with Crippen molar-refractivity contribution in [2.45, 2.75) is 6.92 Å². The number of hydrogen-bond acceptors (Lipinski definition) is 1. The number of aryl methyl sites for hydroxylation is 1. The summed E-state index contributed by atoms with van der Waals surface area (Å²) in [7, 11) is 0. The van der Waals surface area contributed by atoms with E-state index in [1.807, 2.05) is 67.6 Å². The summed E-state index contributed by atoms with van der Waals surface area (Å²) in [6, 6.07) is 23.6. The van der Waals surface area contributed by atoms with Crippen LogP contribution in [0.2, 0.25) is 0 Å². The summed E-state index contributed by atoms with van der Waals surface area (Å²) < 4.78 is 1.06. The Morgan fingerprint density at radius 1 is 0.682 bits per heavy atom. The van der Waals surface area contributed by atoms with Gasteiger partial charge in [0.25, 0.3) is 0 Å². The second-order valence-corrected chi connectivity index (χ2v) is 6.20. The van der Waals surface area contributed by atoms with Gasteiger partial charge in [-0.1, -0.05) is 82.2 Å². The van der Waals surface area contributed by atoms with Crippen molar-refractivity contribution in [2.24, 2.45) is 0 Å². The predicted octanol–water partition coefficient (Wildman–Crippen LogP) is 5.66. The average Bonchev–Trinajstić information content (AvgIpc) is 2.56. The van der Waals surface area contributed by atoms with Crippen LogP contribution in [0.5, 0.6) is 0 Å². The standard InChI is InChI=1S/C20H15BrO/c1-14-2-4-17(5-3-14)20(22)18-8-6-15(7-9-18)16-10-12-19(21)13-11-16/h2-13H,1H3. The minimum Gasteiger partial charge on any atom is -0.289 e. The zero-order valence-corrected chi connectivity index (χ0v) is 13.8. The number of hydrogen-bond donors (Lipinski definition) is 0. The van der Waals surface area contributed by atoms with Gasteiger partial charge >= 0.3 is 0 Å². The largest absolute Gasteiger partial charge is 0.289 e. The first kappa shape index (κ1) is 14.7. The molecular formula is C20H15BrO. The normalized spacial score (nSPS) is 10.5. The third kappa shape index (κ3) is 3.18. The quantitative estimate of drug-likeness (QED) is 0.557. The molecule has 0 bridgehead atoms. The van der Waals surface area contributed by atoms with Crippen LogP contribution in [0.4, 0.5) is 0 Å². The monoisotopic (exact) mass is 350 g/mol. The number of rotatable bonds is 3. The molecule has 0 fully saturated rings. The highest BCUT2D eigenvalue weighted by Gasteiger charge is 2.08. The lowest BCUT2D eigenvalue weighted by molar-refractivity contribution is 0.103. The Kier molecular flexibility index (Phi) is 4.21. The zero-order valence-electron chi connectivity index (χ0n) is 12.2. The van der Waals surface area contributed by atoms with Crippen molar-refractivity contribution >= 4 is 21.7 Å². The van der Waals surface area contributed by atoms with Crippen LogP contribution in [0.25, 0.3) is 11.1 Å². The van der Waals surface area contributed by atoms with Gasteiger partial charge in [-0.25, -0.2) is 0 Å². The molecule has 0 N–H and O–H groups in total. The first-order chi connectivity index (χ1) is 10.6. The maximum atomic E-state index is 12.4. The Morgan fingerprint density at radius 2 is 1.09 bits per heavy atom. The lowest BCUT2D eigenvalue weighted by Gasteiger charge is -2.05. The highest BCUT2D eigenvalue weighted by molar-refractivity contribution is 9.10. The molecule has 3 rings (SSSR count). The predicted molar refractivity (Wildman–Crippen MR) is 94.2 cm³/mol. The van der Waals surface area contributed by atoms with Gasteiger partial charge in [-0.05, 0) is 30.2 Å². The Morgan fingerprint density at radius 3 is 1.59 bits per heavy atom. The average molecular weight is 351 g/mol. The summed E-state index contributed by atoms with van der Waals surface area (Å²) in [6.45, 7) is 2.02. The Hall–Kier alpha value is -2.19. The Balaban J connectivity index is 1.86. The van der Waals surface area contributed by atoms with Crippen LogP contribution in [0.3, 0.4) is 0 Å². The van der Waals surface area contributed by atoms with E-state index in [9.17, 15) is 4.79 Å². The summed E-state index contributed by atoms with van der Waals surface area (Å²) in [5, 5.41) is 0. The lowest BCUT2D eigenvalue weighted by atomic mass is 9.99. The first-order valence-corrected chi connectivity index (χ1v) is 7.90. The van der Waals surface area contributed by atoms with Crippen LogP contribution in [0.15, 0.2) is 77.3 Å². The summed E-state index contributed by atoms with van der Waals surface area (Å²) >= 11 is 3.43. The van der Waals surface area contributed by atoms with Gasteiger partial charge in [0.2, 0.25) is 0 Å². The number of carbonyl (C=O) groups is 1. The number of ketones is 1. The highest BCUT2D eigenvalue weighted by Crippen LogP contribution is 2.23. The van der Waals surface area contributed by atoms with Crippen molar-refractivity contribution in [2.75, 3.05) is 0 Å². The van der Waals surface area contributed by atoms with Gasteiger partial charge in [0, 0.05) is 15.6 Å².